The van der Waals surface area contributed by atoms with Crippen LogP contribution in [-0.4, -0.2) is 40.9 Å². The number of β-amino-alcohol motifs (C(OH)–C–C–N with tert-alkyl or cyclic N) is 1. The number of rotatable bonds is 1. The fraction of sp³-hybridized carbons (Fsp3) is 0.917. The van der Waals surface area contributed by atoms with Crippen molar-refractivity contribution in [1.29, 1.82) is 0 Å². The maximum absolute atomic E-state index is 11.8. The maximum atomic E-state index is 11.8. The van der Waals surface area contributed by atoms with Crippen molar-refractivity contribution in [3.8, 4) is 0 Å². The largest absolute Gasteiger partial charge is 0.444 e. The minimum absolute atomic E-state index is 0.315. The number of nitrogens with zero attached hydrogens (tertiary/aromatic N) is 1. The highest BCUT2D eigenvalue weighted by molar-refractivity contribution is 5.68. The van der Waals surface area contributed by atoms with E-state index in [1.54, 1.807) is 4.90 Å². The molecule has 1 saturated heterocycles. The molecule has 1 rings (SSSR count). The van der Waals surface area contributed by atoms with Gasteiger partial charge in [-0.05, 0) is 33.1 Å². The second kappa shape index (κ2) is 5.04. The molecule has 1 N–H and O–H groups in total. The van der Waals surface area contributed by atoms with Crippen LogP contribution in [0.15, 0.2) is 0 Å². The molecule has 0 radical (unpaired) electrons. The summed E-state index contributed by atoms with van der Waals surface area (Å²) in [5.41, 5.74) is -0.471. The molecule has 1 aliphatic heterocycles. The lowest BCUT2D eigenvalue weighted by Crippen LogP contribution is -2.47. The molecule has 1 fully saturated rings. The van der Waals surface area contributed by atoms with Crippen LogP contribution in [0.1, 0.15) is 40.5 Å². The topological polar surface area (TPSA) is 49.8 Å². The van der Waals surface area contributed by atoms with Gasteiger partial charge in [0, 0.05) is 13.1 Å². The molecule has 4 heteroatoms. The molecule has 0 aromatic rings. The van der Waals surface area contributed by atoms with Gasteiger partial charge in [-0.1, -0.05) is 13.3 Å². The number of hydrogen-bond donors (Lipinski definition) is 1. The molecule has 16 heavy (non-hydrogen) atoms. The van der Waals surface area contributed by atoms with Crippen LogP contribution in [0.4, 0.5) is 4.79 Å². The van der Waals surface area contributed by atoms with Crippen molar-refractivity contribution in [3.05, 3.63) is 0 Å². The van der Waals surface area contributed by atoms with Gasteiger partial charge in [-0.3, -0.25) is 0 Å². The van der Waals surface area contributed by atoms with Gasteiger partial charge in [0.15, 0.2) is 0 Å². The highest BCUT2D eigenvalue weighted by Gasteiger charge is 2.30. The lowest BCUT2D eigenvalue weighted by atomic mass is 9.94. The average Bonchev–Trinajstić information content (AvgIpc) is 2.14. The molecule has 2 atom stereocenters. The van der Waals surface area contributed by atoms with Crippen molar-refractivity contribution in [3.63, 3.8) is 0 Å². The number of aliphatic hydroxyl groups is 1. The zero-order chi connectivity index (χ0) is 12.3. The first-order chi connectivity index (χ1) is 7.31. The van der Waals surface area contributed by atoms with Gasteiger partial charge in [0.05, 0.1) is 6.10 Å². The van der Waals surface area contributed by atoms with E-state index in [0.717, 1.165) is 12.8 Å². The fourth-order valence-corrected chi connectivity index (χ4v) is 1.95. The van der Waals surface area contributed by atoms with E-state index < -0.39 is 11.7 Å². The molecule has 0 aromatic carbocycles. The lowest BCUT2D eigenvalue weighted by molar-refractivity contribution is -0.00768. The molecule has 0 spiro atoms. The van der Waals surface area contributed by atoms with Gasteiger partial charge < -0.3 is 14.7 Å². The average molecular weight is 229 g/mol. The first kappa shape index (κ1) is 13.3. The molecule has 0 bridgehead atoms. The summed E-state index contributed by atoms with van der Waals surface area (Å²) >= 11 is 0. The normalized spacial score (nSPS) is 26.7. The molecule has 0 aliphatic carbocycles. The number of hydrogen-bond acceptors (Lipinski definition) is 3. The van der Waals surface area contributed by atoms with Crippen LogP contribution in [0.3, 0.4) is 0 Å². The molecule has 0 aromatic heterocycles. The number of amides is 1. The highest BCUT2D eigenvalue weighted by Crippen LogP contribution is 2.21. The van der Waals surface area contributed by atoms with Crippen LogP contribution in [0.5, 0.6) is 0 Å². The van der Waals surface area contributed by atoms with Gasteiger partial charge in [-0.2, -0.15) is 0 Å². The van der Waals surface area contributed by atoms with E-state index in [9.17, 15) is 9.90 Å². The summed E-state index contributed by atoms with van der Waals surface area (Å²) in [6, 6.07) is 0. The van der Waals surface area contributed by atoms with Gasteiger partial charge in [-0.25, -0.2) is 4.79 Å². The lowest BCUT2D eigenvalue weighted by Gasteiger charge is -2.36. The predicted molar refractivity (Wildman–Crippen MR) is 62.2 cm³/mol. The highest BCUT2D eigenvalue weighted by atomic mass is 16.6. The third-order valence-electron chi connectivity index (χ3n) is 2.74. The zero-order valence-corrected chi connectivity index (χ0v) is 10.7. The number of carbonyl (C=O) groups is 1. The Kier molecular flexibility index (Phi) is 4.19. The summed E-state index contributed by atoms with van der Waals surface area (Å²) in [5.74, 6) is 0.385. The fourth-order valence-electron chi connectivity index (χ4n) is 1.95. The van der Waals surface area contributed by atoms with E-state index in [2.05, 4.69) is 6.92 Å². The van der Waals surface area contributed by atoms with Crippen LogP contribution >= 0.6 is 0 Å². The van der Waals surface area contributed by atoms with Crippen molar-refractivity contribution in [2.75, 3.05) is 13.1 Å². The van der Waals surface area contributed by atoms with E-state index >= 15 is 0 Å². The molecular formula is C12H23NO3. The monoisotopic (exact) mass is 229 g/mol. The van der Waals surface area contributed by atoms with Crippen molar-refractivity contribution in [2.45, 2.75) is 52.2 Å². The third-order valence-corrected chi connectivity index (χ3v) is 2.74. The molecule has 1 heterocycles. The quantitative estimate of drug-likeness (QED) is 0.748. The van der Waals surface area contributed by atoms with E-state index in [4.69, 9.17) is 4.74 Å². The second-order valence-electron chi connectivity index (χ2n) is 5.55. The summed E-state index contributed by atoms with van der Waals surface area (Å²) in [6.07, 6.45) is 1.04. The Morgan fingerprint density at radius 1 is 1.44 bits per heavy atom. The molecular weight excluding hydrogens is 206 g/mol. The Bertz CT molecular complexity index is 247. The summed E-state index contributed by atoms with van der Waals surface area (Å²) in [5, 5.41) is 9.68. The number of piperidine rings is 1. The Balaban J connectivity index is 2.55. The SMILES string of the molecule is CC[C@@H]1C[C@@H](O)CN(C(=O)OC(C)(C)C)C1. The molecule has 0 saturated carbocycles. The van der Waals surface area contributed by atoms with Crippen molar-refractivity contribution in [1.82, 2.24) is 4.90 Å². The van der Waals surface area contributed by atoms with Gasteiger partial charge in [0.1, 0.15) is 5.60 Å². The molecule has 1 aliphatic rings. The Labute approximate surface area is 97.6 Å². The predicted octanol–water partition coefficient (Wildman–Crippen LogP) is 2.01. The summed E-state index contributed by atoms with van der Waals surface area (Å²) in [4.78, 5) is 13.4. The minimum atomic E-state index is -0.471. The molecule has 4 nitrogen and oxygen atoms in total. The van der Waals surface area contributed by atoms with Crippen LogP contribution in [-0.2, 0) is 4.74 Å². The van der Waals surface area contributed by atoms with Crippen LogP contribution in [0.25, 0.3) is 0 Å². The molecule has 94 valence electrons. The van der Waals surface area contributed by atoms with E-state index in [-0.39, 0.29) is 6.09 Å². The van der Waals surface area contributed by atoms with Gasteiger partial charge >= 0.3 is 6.09 Å². The first-order valence-corrected chi connectivity index (χ1v) is 5.97. The van der Waals surface area contributed by atoms with E-state index in [1.165, 1.54) is 0 Å². The van der Waals surface area contributed by atoms with Crippen molar-refractivity contribution < 1.29 is 14.6 Å². The van der Waals surface area contributed by atoms with E-state index in [0.29, 0.717) is 19.0 Å². The first-order valence-electron chi connectivity index (χ1n) is 5.97. The van der Waals surface area contributed by atoms with Gasteiger partial charge in [0.2, 0.25) is 0 Å². The number of carbonyl (C=O) groups excluding carboxylic acids is 1. The Morgan fingerprint density at radius 2 is 2.06 bits per heavy atom. The van der Waals surface area contributed by atoms with E-state index in [1.807, 2.05) is 20.8 Å². The van der Waals surface area contributed by atoms with Crippen LogP contribution < -0.4 is 0 Å². The Hall–Kier alpha value is -0.770. The third kappa shape index (κ3) is 4.00. The minimum Gasteiger partial charge on any atom is -0.444 e. The van der Waals surface area contributed by atoms with Gasteiger partial charge in [0.25, 0.3) is 0 Å². The number of aliphatic hydroxyl groups excluding tert-OH is 1. The van der Waals surface area contributed by atoms with Crippen LogP contribution in [0, 0.1) is 5.92 Å². The number of ether oxygens (including phenoxy) is 1. The molecule has 0 unspecified atom stereocenters. The zero-order valence-electron chi connectivity index (χ0n) is 10.7. The van der Waals surface area contributed by atoms with Crippen LogP contribution in [0.2, 0.25) is 0 Å². The molecule has 1 amide bonds. The van der Waals surface area contributed by atoms with Gasteiger partial charge in [-0.15, -0.1) is 0 Å². The standard InChI is InChI=1S/C12H23NO3/c1-5-9-6-10(14)8-13(7-9)11(15)16-12(2,3)4/h9-10,14H,5-8H2,1-4H3/t9-,10-/m1/s1. The second-order valence-corrected chi connectivity index (χ2v) is 5.55. The Morgan fingerprint density at radius 3 is 2.56 bits per heavy atom. The van der Waals surface area contributed by atoms with Crippen molar-refractivity contribution >= 4 is 6.09 Å². The smallest absolute Gasteiger partial charge is 0.410 e. The summed E-state index contributed by atoms with van der Waals surface area (Å²) < 4.78 is 5.29. The summed E-state index contributed by atoms with van der Waals surface area (Å²) in [6.45, 7) is 8.72. The number of likely N-dealkylation sites (tertiary alicyclic amines) is 1. The maximum Gasteiger partial charge on any atom is 0.410 e. The summed E-state index contributed by atoms with van der Waals surface area (Å²) in [7, 11) is 0. The van der Waals surface area contributed by atoms with Crippen molar-refractivity contribution in [2.24, 2.45) is 5.92 Å².